The lowest BCUT2D eigenvalue weighted by molar-refractivity contribution is 0.0731. The third kappa shape index (κ3) is 4.84. The Morgan fingerprint density at radius 1 is 1.09 bits per heavy atom. The van der Waals surface area contributed by atoms with E-state index in [9.17, 15) is 21.6 Å². The fourth-order valence-corrected chi connectivity index (χ4v) is 7.68. The van der Waals surface area contributed by atoms with Crippen LogP contribution in [0.5, 0.6) is 0 Å². The first kappa shape index (κ1) is 23.2. The van der Waals surface area contributed by atoms with E-state index in [1.807, 2.05) is 0 Å². The zero-order chi connectivity index (χ0) is 22.9. The van der Waals surface area contributed by atoms with Crippen LogP contribution in [-0.2, 0) is 37.7 Å². The standard InChI is InChI=1S/C20H25N3O6S3/c1-31(25,26)23-8-2-3-15-13-16(4-6-18(15)23)20(24)21-14-17-5-7-19(30-17)32(27,28)22-9-11-29-12-10-22/h4-7,13H,2-3,8-12,14H2,1H3,(H,21,24). The second-order valence-corrected chi connectivity index (χ2v) is 12.9. The number of nitrogens with zero attached hydrogens (tertiary/aromatic N) is 2. The van der Waals surface area contributed by atoms with Crippen molar-refractivity contribution in [2.24, 2.45) is 0 Å². The molecular weight excluding hydrogens is 474 g/mol. The number of amides is 1. The number of nitrogens with one attached hydrogen (secondary N) is 1. The van der Waals surface area contributed by atoms with Crippen LogP contribution in [0.3, 0.4) is 0 Å². The maximum absolute atomic E-state index is 12.7. The largest absolute Gasteiger partial charge is 0.379 e. The van der Waals surface area contributed by atoms with Gasteiger partial charge >= 0.3 is 0 Å². The summed E-state index contributed by atoms with van der Waals surface area (Å²) < 4.78 is 57.7. The second kappa shape index (κ2) is 9.10. The molecule has 1 aromatic carbocycles. The Morgan fingerprint density at radius 2 is 1.84 bits per heavy atom. The molecule has 0 saturated carbocycles. The molecule has 4 rings (SSSR count). The van der Waals surface area contributed by atoms with Crippen LogP contribution in [-0.4, -0.2) is 66.2 Å². The molecule has 0 radical (unpaired) electrons. The van der Waals surface area contributed by atoms with Crippen molar-refractivity contribution in [2.75, 3.05) is 43.4 Å². The predicted octanol–water partition coefficient (Wildman–Crippen LogP) is 1.41. The van der Waals surface area contributed by atoms with Crippen molar-refractivity contribution in [1.29, 1.82) is 0 Å². The Labute approximate surface area is 192 Å². The highest BCUT2D eigenvalue weighted by molar-refractivity contribution is 7.92. The fourth-order valence-electron chi connectivity index (χ4n) is 3.82. The number of thiophene rings is 1. The number of morpholine rings is 1. The van der Waals surface area contributed by atoms with Crippen molar-refractivity contribution < 1.29 is 26.4 Å². The van der Waals surface area contributed by atoms with Crippen molar-refractivity contribution in [3.05, 3.63) is 46.3 Å². The van der Waals surface area contributed by atoms with Gasteiger partial charge in [0.05, 0.1) is 31.7 Å². The molecule has 32 heavy (non-hydrogen) atoms. The molecule has 0 bridgehead atoms. The summed E-state index contributed by atoms with van der Waals surface area (Å²) in [6.07, 6.45) is 2.58. The molecule has 2 aliphatic rings. The quantitative estimate of drug-likeness (QED) is 0.643. The van der Waals surface area contributed by atoms with E-state index in [-0.39, 0.29) is 16.7 Å². The Balaban J connectivity index is 1.43. The number of carbonyl (C=O) groups excluding carboxylic acids is 1. The van der Waals surface area contributed by atoms with Gasteiger partial charge in [-0.25, -0.2) is 16.8 Å². The normalized spacial score (nSPS) is 17.7. The lowest BCUT2D eigenvalue weighted by Crippen LogP contribution is -2.40. The van der Waals surface area contributed by atoms with E-state index < -0.39 is 20.0 Å². The number of aryl methyl sites for hydroxylation is 1. The number of hydrogen-bond donors (Lipinski definition) is 1. The second-order valence-electron chi connectivity index (χ2n) is 7.70. The topological polar surface area (TPSA) is 113 Å². The third-order valence-corrected chi connectivity index (χ3v) is 10.1. The van der Waals surface area contributed by atoms with Gasteiger partial charge in [0.25, 0.3) is 15.9 Å². The Hall–Kier alpha value is -1.99. The number of benzene rings is 1. The molecule has 1 amide bonds. The van der Waals surface area contributed by atoms with Crippen molar-refractivity contribution in [2.45, 2.75) is 23.6 Å². The summed E-state index contributed by atoms with van der Waals surface area (Å²) in [5.74, 6) is -0.296. The van der Waals surface area contributed by atoms with E-state index in [0.717, 1.165) is 21.8 Å². The van der Waals surface area contributed by atoms with Crippen molar-refractivity contribution in [1.82, 2.24) is 9.62 Å². The number of sulfonamides is 2. The Kier molecular flexibility index (Phi) is 6.59. The van der Waals surface area contributed by atoms with Gasteiger partial charge in [0, 0.05) is 30.1 Å². The van der Waals surface area contributed by atoms with Crippen LogP contribution in [0.25, 0.3) is 0 Å². The third-order valence-electron chi connectivity index (χ3n) is 5.44. The maximum atomic E-state index is 12.7. The number of carbonyl (C=O) groups is 1. The summed E-state index contributed by atoms with van der Waals surface area (Å²) in [6.45, 7) is 2.08. The fraction of sp³-hybridized carbons (Fsp3) is 0.450. The summed E-state index contributed by atoms with van der Waals surface area (Å²) in [4.78, 5) is 13.4. The van der Waals surface area contributed by atoms with Gasteiger partial charge in [-0.1, -0.05) is 0 Å². The molecule has 174 valence electrons. The highest BCUT2D eigenvalue weighted by Crippen LogP contribution is 2.30. The molecule has 2 aromatic rings. The minimum absolute atomic E-state index is 0.203. The number of ether oxygens (including phenoxy) is 1. The SMILES string of the molecule is CS(=O)(=O)N1CCCc2cc(C(=O)NCc3ccc(S(=O)(=O)N4CCOCC4)s3)ccc21. The molecule has 0 spiro atoms. The van der Waals surface area contributed by atoms with Crippen LogP contribution in [0.2, 0.25) is 0 Å². The summed E-state index contributed by atoms with van der Waals surface area (Å²) in [7, 11) is -6.92. The first-order valence-corrected chi connectivity index (χ1v) is 14.3. The van der Waals surface area contributed by atoms with Gasteiger partial charge in [-0.15, -0.1) is 11.3 Å². The number of anilines is 1. The van der Waals surface area contributed by atoms with Gasteiger partial charge in [0.2, 0.25) is 10.0 Å². The van der Waals surface area contributed by atoms with Crippen LogP contribution in [0, 0.1) is 0 Å². The van der Waals surface area contributed by atoms with E-state index in [1.165, 1.54) is 14.9 Å². The summed E-state index contributed by atoms with van der Waals surface area (Å²) >= 11 is 1.14. The number of rotatable bonds is 6. The van der Waals surface area contributed by atoms with E-state index >= 15 is 0 Å². The lowest BCUT2D eigenvalue weighted by atomic mass is 10.0. The summed E-state index contributed by atoms with van der Waals surface area (Å²) in [5.41, 5.74) is 1.88. The van der Waals surface area contributed by atoms with Gasteiger partial charge in [-0.05, 0) is 48.7 Å². The predicted molar refractivity (Wildman–Crippen MR) is 122 cm³/mol. The summed E-state index contributed by atoms with van der Waals surface area (Å²) in [6, 6.07) is 8.28. The minimum Gasteiger partial charge on any atom is -0.379 e. The summed E-state index contributed by atoms with van der Waals surface area (Å²) in [5, 5.41) is 2.82. The average Bonchev–Trinajstić information content (AvgIpc) is 3.26. The van der Waals surface area contributed by atoms with Gasteiger partial charge in [0.15, 0.2) is 0 Å². The smallest absolute Gasteiger partial charge is 0.252 e. The van der Waals surface area contributed by atoms with Gasteiger partial charge < -0.3 is 10.1 Å². The van der Waals surface area contributed by atoms with Crippen LogP contribution in [0.15, 0.2) is 34.5 Å². The van der Waals surface area contributed by atoms with Crippen molar-refractivity contribution >= 4 is 43.0 Å². The van der Waals surface area contributed by atoms with Crippen molar-refractivity contribution in [3.8, 4) is 0 Å². The van der Waals surface area contributed by atoms with Gasteiger partial charge in [0.1, 0.15) is 4.21 Å². The monoisotopic (exact) mass is 499 g/mol. The molecule has 2 aliphatic heterocycles. The molecule has 1 fully saturated rings. The van der Waals surface area contributed by atoms with Crippen LogP contribution in [0.1, 0.15) is 27.2 Å². The lowest BCUT2D eigenvalue weighted by Gasteiger charge is -2.29. The Morgan fingerprint density at radius 3 is 2.56 bits per heavy atom. The average molecular weight is 500 g/mol. The van der Waals surface area contributed by atoms with Crippen LogP contribution in [0.4, 0.5) is 5.69 Å². The van der Waals surface area contributed by atoms with Crippen LogP contribution >= 0.6 is 11.3 Å². The molecule has 1 aromatic heterocycles. The molecule has 1 N–H and O–H groups in total. The van der Waals surface area contributed by atoms with Crippen LogP contribution < -0.4 is 9.62 Å². The molecule has 12 heteroatoms. The first-order valence-electron chi connectivity index (χ1n) is 10.2. The zero-order valence-corrected chi connectivity index (χ0v) is 20.1. The highest BCUT2D eigenvalue weighted by Gasteiger charge is 2.28. The van der Waals surface area contributed by atoms with E-state index in [1.54, 1.807) is 30.3 Å². The highest BCUT2D eigenvalue weighted by atomic mass is 32.2. The van der Waals surface area contributed by atoms with Gasteiger partial charge in [-0.3, -0.25) is 9.10 Å². The molecule has 0 unspecified atom stereocenters. The van der Waals surface area contributed by atoms with Crippen molar-refractivity contribution in [3.63, 3.8) is 0 Å². The molecular formula is C20H25N3O6S3. The molecule has 0 atom stereocenters. The van der Waals surface area contributed by atoms with E-state index in [4.69, 9.17) is 4.74 Å². The number of hydrogen-bond acceptors (Lipinski definition) is 7. The van der Waals surface area contributed by atoms with E-state index in [0.29, 0.717) is 56.9 Å². The molecule has 0 aliphatic carbocycles. The minimum atomic E-state index is -3.55. The molecule has 1 saturated heterocycles. The molecule has 9 nitrogen and oxygen atoms in total. The maximum Gasteiger partial charge on any atom is 0.252 e. The van der Waals surface area contributed by atoms with E-state index in [2.05, 4.69) is 5.32 Å². The Bertz CT molecular complexity index is 1220. The first-order chi connectivity index (χ1) is 15.2. The zero-order valence-electron chi connectivity index (χ0n) is 17.6. The van der Waals surface area contributed by atoms with Gasteiger partial charge in [-0.2, -0.15) is 4.31 Å². The number of fused-ring (bicyclic) bond motifs is 1. The molecule has 3 heterocycles.